The number of benzene rings is 2. The number of carbonyl (C=O) groups excluding carboxylic acids is 2. The van der Waals surface area contributed by atoms with Gasteiger partial charge in [0.1, 0.15) is 11.4 Å². The lowest BCUT2D eigenvalue weighted by Crippen LogP contribution is -2.23. The molecule has 0 atom stereocenters. The molecule has 2 aromatic carbocycles. The largest absolute Gasteiger partial charge is 0.497 e. The van der Waals surface area contributed by atoms with Crippen LogP contribution in [0.4, 0.5) is 11.4 Å². The van der Waals surface area contributed by atoms with Crippen LogP contribution in [-0.4, -0.2) is 31.1 Å². The smallest absolute Gasteiger partial charge is 0.339 e. The number of nitrogens with one attached hydrogen (secondary N) is 2. The number of pyridine rings is 1. The normalized spacial score (nSPS) is 10.1. The minimum atomic E-state index is -0.445. The van der Waals surface area contributed by atoms with Gasteiger partial charge in [0.05, 0.1) is 25.5 Å². The van der Waals surface area contributed by atoms with Gasteiger partial charge in [-0.15, -0.1) is 0 Å². The molecule has 0 saturated heterocycles. The molecule has 0 fully saturated rings. The van der Waals surface area contributed by atoms with E-state index in [4.69, 9.17) is 9.47 Å². The second kappa shape index (κ2) is 9.36. The first-order chi connectivity index (χ1) is 14.1. The predicted molar refractivity (Wildman–Crippen MR) is 109 cm³/mol. The number of hydrogen-bond acceptors (Lipinski definition) is 6. The molecule has 3 rings (SSSR count). The van der Waals surface area contributed by atoms with E-state index in [-0.39, 0.29) is 11.6 Å². The van der Waals surface area contributed by atoms with Crippen molar-refractivity contribution in [2.24, 2.45) is 0 Å². The van der Waals surface area contributed by atoms with Gasteiger partial charge < -0.3 is 20.1 Å². The van der Waals surface area contributed by atoms with Crippen molar-refractivity contribution in [2.45, 2.75) is 6.54 Å². The van der Waals surface area contributed by atoms with Gasteiger partial charge in [-0.25, -0.2) is 4.79 Å². The molecule has 1 amide bonds. The van der Waals surface area contributed by atoms with Crippen molar-refractivity contribution < 1.29 is 19.1 Å². The maximum atomic E-state index is 12.5. The summed E-state index contributed by atoms with van der Waals surface area (Å²) in [6.07, 6.45) is 1.53. The van der Waals surface area contributed by atoms with Crippen molar-refractivity contribution in [3.63, 3.8) is 0 Å². The van der Waals surface area contributed by atoms with Crippen molar-refractivity contribution >= 4 is 23.3 Å². The minimum Gasteiger partial charge on any atom is -0.497 e. The molecule has 3 aromatic rings. The Balaban J connectivity index is 1.69. The lowest BCUT2D eigenvalue weighted by atomic mass is 10.1. The molecule has 29 heavy (non-hydrogen) atoms. The molecular formula is C22H21N3O4. The standard InChI is InChI=1S/C22H21N3O4/c1-28-17-9-7-15(8-10-17)14-24-21(26)20-13-16(11-12-23-20)25-19-6-4-3-5-18(19)22(27)29-2/h3-13H,14H2,1-2H3,(H,23,25)(H,24,26). The molecule has 1 heterocycles. The van der Waals surface area contributed by atoms with Crippen LogP contribution in [0, 0.1) is 0 Å². The van der Waals surface area contributed by atoms with Crippen molar-refractivity contribution in [1.29, 1.82) is 0 Å². The van der Waals surface area contributed by atoms with Crippen LogP contribution in [-0.2, 0) is 11.3 Å². The van der Waals surface area contributed by atoms with Gasteiger partial charge in [-0.05, 0) is 42.0 Å². The number of carbonyl (C=O) groups is 2. The van der Waals surface area contributed by atoms with E-state index in [1.165, 1.54) is 13.3 Å². The summed E-state index contributed by atoms with van der Waals surface area (Å²) in [4.78, 5) is 28.5. The molecule has 2 N–H and O–H groups in total. The maximum Gasteiger partial charge on any atom is 0.339 e. The van der Waals surface area contributed by atoms with E-state index in [0.29, 0.717) is 23.5 Å². The summed E-state index contributed by atoms with van der Waals surface area (Å²) in [6.45, 7) is 0.368. The maximum absolute atomic E-state index is 12.5. The Labute approximate surface area is 168 Å². The lowest BCUT2D eigenvalue weighted by Gasteiger charge is -2.11. The number of amides is 1. The number of ether oxygens (including phenoxy) is 2. The Morgan fingerprint density at radius 1 is 1.00 bits per heavy atom. The van der Waals surface area contributed by atoms with Gasteiger partial charge in [0.25, 0.3) is 5.91 Å². The molecule has 0 aliphatic carbocycles. The van der Waals surface area contributed by atoms with Crippen molar-refractivity contribution in [3.05, 3.63) is 83.7 Å². The Morgan fingerprint density at radius 2 is 1.76 bits per heavy atom. The molecular weight excluding hydrogens is 370 g/mol. The van der Waals surface area contributed by atoms with Gasteiger partial charge in [-0.3, -0.25) is 9.78 Å². The fraction of sp³-hybridized carbons (Fsp3) is 0.136. The van der Waals surface area contributed by atoms with E-state index in [2.05, 4.69) is 15.6 Å². The third-order valence-corrected chi connectivity index (χ3v) is 4.22. The quantitative estimate of drug-likeness (QED) is 0.599. The topological polar surface area (TPSA) is 89.5 Å². The van der Waals surface area contributed by atoms with Gasteiger partial charge in [0.2, 0.25) is 0 Å². The second-order valence-corrected chi connectivity index (χ2v) is 6.12. The first-order valence-electron chi connectivity index (χ1n) is 8.92. The fourth-order valence-corrected chi connectivity index (χ4v) is 2.68. The molecule has 0 spiro atoms. The third kappa shape index (κ3) is 5.10. The first kappa shape index (κ1) is 19.9. The van der Waals surface area contributed by atoms with E-state index >= 15 is 0 Å². The number of methoxy groups -OCH3 is 2. The Kier molecular flexibility index (Phi) is 6.42. The zero-order valence-corrected chi connectivity index (χ0v) is 16.1. The molecule has 148 valence electrons. The van der Waals surface area contributed by atoms with Crippen LogP contribution in [0.5, 0.6) is 5.75 Å². The molecule has 0 radical (unpaired) electrons. The van der Waals surface area contributed by atoms with Gasteiger partial charge in [-0.1, -0.05) is 24.3 Å². The SMILES string of the molecule is COC(=O)c1ccccc1Nc1ccnc(C(=O)NCc2ccc(OC)cc2)c1. The van der Waals surface area contributed by atoms with Crippen LogP contribution >= 0.6 is 0 Å². The second-order valence-electron chi connectivity index (χ2n) is 6.12. The number of para-hydroxylation sites is 1. The van der Waals surface area contributed by atoms with E-state index in [0.717, 1.165) is 11.3 Å². The number of esters is 1. The third-order valence-electron chi connectivity index (χ3n) is 4.22. The highest BCUT2D eigenvalue weighted by Crippen LogP contribution is 2.22. The summed E-state index contributed by atoms with van der Waals surface area (Å²) in [6, 6.07) is 17.8. The molecule has 0 aliphatic rings. The first-order valence-corrected chi connectivity index (χ1v) is 8.92. The molecule has 0 saturated carbocycles. The minimum absolute atomic E-state index is 0.263. The number of rotatable bonds is 7. The van der Waals surface area contributed by atoms with Gasteiger partial charge >= 0.3 is 5.97 Å². The average Bonchev–Trinajstić information content (AvgIpc) is 2.78. The zero-order valence-electron chi connectivity index (χ0n) is 16.1. The van der Waals surface area contributed by atoms with Gasteiger partial charge in [-0.2, -0.15) is 0 Å². The average molecular weight is 391 g/mol. The fourth-order valence-electron chi connectivity index (χ4n) is 2.68. The van der Waals surface area contributed by atoms with E-state index in [9.17, 15) is 9.59 Å². The summed E-state index contributed by atoms with van der Waals surface area (Å²) in [5.74, 6) is 0.0121. The van der Waals surface area contributed by atoms with E-state index < -0.39 is 5.97 Å². The highest BCUT2D eigenvalue weighted by atomic mass is 16.5. The van der Waals surface area contributed by atoms with Crippen LogP contribution in [0.3, 0.4) is 0 Å². The van der Waals surface area contributed by atoms with Crippen LogP contribution in [0.1, 0.15) is 26.4 Å². The molecule has 1 aromatic heterocycles. The van der Waals surface area contributed by atoms with Crippen LogP contribution in [0.2, 0.25) is 0 Å². The molecule has 0 bridgehead atoms. The Hall–Kier alpha value is -3.87. The van der Waals surface area contributed by atoms with Gasteiger partial charge in [0, 0.05) is 18.4 Å². The zero-order chi connectivity index (χ0) is 20.6. The molecule has 0 aliphatic heterocycles. The summed E-state index contributed by atoms with van der Waals surface area (Å²) < 4.78 is 9.93. The number of anilines is 2. The van der Waals surface area contributed by atoms with Crippen LogP contribution in [0.15, 0.2) is 66.9 Å². The van der Waals surface area contributed by atoms with Crippen molar-refractivity contribution in [3.8, 4) is 5.75 Å². The number of hydrogen-bond donors (Lipinski definition) is 2. The number of nitrogens with zero attached hydrogens (tertiary/aromatic N) is 1. The summed E-state index contributed by atoms with van der Waals surface area (Å²) >= 11 is 0. The van der Waals surface area contributed by atoms with E-state index in [1.54, 1.807) is 43.5 Å². The molecule has 0 unspecified atom stereocenters. The van der Waals surface area contributed by atoms with Crippen LogP contribution in [0.25, 0.3) is 0 Å². The summed E-state index contributed by atoms with van der Waals surface area (Å²) in [5, 5.41) is 5.97. The monoisotopic (exact) mass is 391 g/mol. The molecule has 7 nitrogen and oxygen atoms in total. The van der Waals surface area contributed by atoms with Crippen molar-refractivity contribution in [1.82, 2.24) is 10.3 Å². The number of aromatic nitrogens is 1. The Morgan fingerprint density at radius 3 is 2.48 bits per heavy atom. The molecule has 7 heteroatoms. The van der Waals surface area contributed by atoms with E-state index in [1.807, 2.05) is 24.3 Å². The van der Waals surface area contributed by atoms with Gasteiger partial charge in [0.15, 0.2) is 0 Å². The van der Waals surface area contributed by atoms with Crippen molar-refractivity contribution in [2.75, 3.05) is 19.5 Å². The predicted octanol–water partition coefficient (Wildman–Crippen LogP) is 3.55. The lowest BCUT2D eigenvalue weighted by molar-refractivity contribution is 0.0601. The van der Waals surface area contributed by atoms with Crippen LogP contribution < -0.4 is 15.4 Å². The highest BCUT2D eigenvalue weighted by Gasteiger charge is 2.12. The summed E-state index contributed by atoms with van der Waals surface area (Å²) in [7, 11) is 2.93. The Bertz CT molecular complexity index is 1000. The summed E-state index contributed by atoms with van der Waals surface area (Å²) in [5.41, 5.74) is 2.82. The highest BCUT2D eigenvalue weighted by molar-refractivity contribution is 5.97.